The summed E-state index contributed by atoms with van der Waals surface area (Å²) < 4.78 is 37.8. The first-order valence-electron chi connectivity index (χ1n) is 9.41. The fourth-order valence-corrected chi connectivity index (χ4v) is 3.22. The predicted octanol–water partition coefficient (Wildman–Crippen LogP) is 2.82. The smallest absolute Gasteiger partial charge is 0.221 e. The van der Waals surface area contributed by atoms with Gasteiger partial charge in [0.1, 0.15) is 41.9 Å². The highest BCUT2D eigenvalue weighted by molar-refractivity contribution is 5.90. The first-order chi connectivity index (χ1) is 13.9. The number of aliphatic hydroxyl groups excluding tert-OH is 1. The van der Waals surface area contributed by atoms with Crippen LogP contribution < -0.4 is 14.8 Å². The van der Waals surface area contributed by atoms with E-state index in [2.05, 4.69) is 10.2 Å². The molecule has 1 saturated heterocycles. The first kappa shape index (κ1) is 21.0. The Hall–Kier alpha value is -2.71. The molecular formula is C21H24F2N2O4. The van der Waals surface area contributed by atoms with E-state index in [1.54, 1.807) is 12.1 Å². The molecule has 0 spiro atoms. The van der Waals surface area contributed by atoms with Crippen molar-refractivity contribution in [2.45, 2.75) is 25.6 Å². The number of hydrogen-bond acceptors (Lipinski definition) is 5. The molecule has 0 radical (unpaired) electrons. The lowest BCUT2D eigenvalue weighted by Gasteiger charge is -2.21. The Morgan fingerprint density at radius 1 is 1.24 bits per heavy atom. The molecule has 1 aliphatic heterocycles. The van der Waals surface area contributed by atoms with E-state index in [1.807, 2.05) is 0 Å². The zero-order valence-corrected chi connectivity index (χ0v) is 16.1. The van der Waals surface area contributed by atoms with Gasteiger partial charge in [-0.1, -0.05) is 0 Å². The number of β-amino-alcohol motifs (C(OH)–C–C–N with tert-alkyl or cyclic N) is 1. The van der Waals surface area contributed by atoms with Crippen LogP contribution in [0.5, 0.6) is 11.5 Å². The maximum absolute atomic E-state index is 13.4. The van der Waals surface area contributed by atoms with Gasteiger partial charge in [-0.2, -0.15) is 0 Å². The fourth-order valence-electron chi connectivity index (χ4n) is 3.22. The summed E-state index contributed by atoms with van der Waals surface area (Å²) in [6.45, 7) is 3.11. The Morgan fingerprint density at radius 2 is 1.97 bits per heavy atom. The van der Waals surface area contributed by atoms with Gasteiger partial charge in [0.15, 0.2) is 0 Å². The number of nitrogens with one attached hydrogen (secondary N) is 1. The van der Waals surface area contributed by atoms with Crippen molar-refractivity contribution in [1.29, 1.82) is 0 Å². The zero-order valence-electron chi connectivity index (χ0n) is 16.1. The van der Waals surface area contributed by atoms with E-state index >= 15 is 0 Å². The number of ether oxygens (including phenoxy) is 2. The summed E-state index contributed by atoms with van der Waals surface area (Å²) in [6.07, 6.45) is 0.00197. The predicted molar refractivity (Wildman–Crippen MR) is 104 cm³/mol. The van der Waals surface area contributed by atoms with E-state index in [4.69, 9.17) is 9.47 Å². The standard InChI is InChI=1S/C21H24F2N2O4/c1-14(26)24-20-10-16(23)4-7-21(20)28-13-17(27)11-25-9-8-19(12-25)29-18-5-2-15(22)3-6-18/h2-7,10,17,19,27H,8-9,11-13H2,1H3,(H,24,26). The molecule has 2 unspecified atom stereocenters. The topological polar surface area (TPSA) is 71.0 Å². The van der Waals surface area contributed by atoms with Gasteiger partial charge in [0.25, 0.3) is 0 Å². The lowest BCUT2D eigenvalue weighted by molar-refractivity contribution is -0.114. The van der Waals surface area contributed by atoms with Crippen molar-refractivity contribution in [2.75, 3.05) is 31.6 Å². The average molecular weight is 406 g/mol. The van der Waals surface area contributed by atoms with Gasteiger partial charge in [-0.25, -0.2) is 8.78 Å². The summed E-state index contributed by atoms with van der Waals surface area (Å²) in [4.78, 5) is 13.3. The number of aliphatic hydroxyl groups is 1. The van der Waals surface area contributed by atoms with Crippen LogP contribution in [-0.4, -0.2) is 54.4 Å². The summed E-state index contributed by atoms with van der Waals surface area (Å²) in [7, 11) is 0. The monoisotopic (exact) mass is 406 g/mol. The van der Waals surface area contributed by atoms with Crippen LogP contribution in [0.1, 0.15) is 13.3 Å². The molecule has 1 aliphatic rings. The molecule has 0 bridgehead atoms. The van der Waals surface area contributed by atoms with Gasteiger partial charge >= 0.3 is 0 Å². The summed E-state index contributed by atoms with van der Waals surface area (Å²) in [5.41, 5.74) is 0.221. The van der Waals surface area contributed by atoms with Crippen LogP contribution in [0.15, 0.2) is 42.5 Å². The van der Waals surface area contributed by atoms with E-state index < -0.39 is 11.9 Å². The quantitative estimate of drug-likeness (QED) is 0.706. The Kier molecular flexibility index (Phi) is 7.00. The molecular weight excluding hydrogens is 382 g/mol. The number of amides is 1. The minimum absolute atomic E-state index is 0.00178. The molecule has 2 aromatic rings. The second-order valence-corrected chi connectivity index (χ2v) is 7.03. The van der Waals surface area contributed by atoms with Gasteiger partial charge in [0.05, 0.1) is 5.69 Å². The van der Waals surface area contributed by atoms with Gasteiger partial charge in [0, 0.05) is 32.6 Å². The molecule has 2 N–H and O–H groups in total. The SMILES string of the molecule is CC(=O)Nc1cc(F)ccc1OCC(O)CN1CCC(Oc2ccc(F)cc2)C1. The van der Waals surface area contributed by atoms with Crippen LogP contribution in [0.25, 0.3) is 0 Å². The van der Waals surface area contributed by atoms with Crippen molar-refractivity contribution in [3.63, 3.8) is 0 Å². The Labute approximate surface area is 168 Å². The van der Waals surface area contributed by atoms with E-state index in [0.717, 1.165) is 13.0 Å². The largest absolute Gasteiger partial charge is 0.489 e. The van der Waals surface area contributed by atoms with Crippen LogP contribution in [0.2, 0.25) is 0 Å². The lowest BCUT2D eigenvalue weighted by atomic mass is 10.2. The van der Waals surface area contributed by atoms with Crippen LogP contribution in [0.3, 0.4) is 0 Å². The number of hydrogen-bond donors (Lipinski definition) is 2. The van der Waals surface area contributed by atoms with E-state index in [9.17, 15) is 18.7 Å². The van der Waals surface area contributed by atoms with Crippen LogP contribution in [0.4, 0.5) is 14.5 Å². The van der Waals surface area contributed by atoms with Crippen LogP contribution >= 0.6 is 0 Å². The van der Waals surface area contributed by atoms with Gasteiger partial charge in [0.2, 0.25) is 5.91 Å². The second-order valence-electron chi connectivity index (χ2n) is 7.03. The highest BCUT2D eigenvalue weighted by Crippen LogP contribution is 2.26. The molecule has 2 aromatic carbocycles. The number of likely N-dealkylation sites (tertiary alicyclic amines) is 1. The highest BCUT2D eigenvalue weighted by atomic mass is 19.1. The molecule has 3 rings (SSSR count). The normalized spacial score (nSPS) is 17.7. The van der Waals surface area contributed by atoms with Crippen molar-refractivity contribution in [3.8, 4) is 11.5 Å². The molecule has 0 saturated carbocycles. The maximum Gasteiger partial charge on any atom is 0.221 e. The highest BCUT2D eigenvalue weighted by Gasteiger charge is 2.26. The van der Waals surface area contributed by atoms with Crippen molar-refractivity contribution < 1.29 is 28.2 Å². The fraction of sp³-hybridized carbons (Fsp3) is 0.381. The Balaban J connectivity index is 1.46. The zero-order chi connectivity index (χ0) is 20.8. The van der Waals surface area contributed by atoms with Crippen molar-refractivity contribution in [1.82, 2.24) is 4.90 Å². The molecule has 1 fully saturated rings. The van der Waals surface area contributed by atoms with Crippen molar-refractivity contribution in [2.24, 2.45) is 0 Å². The molecule has 8 heteroatoms. The molecule has 1 amide bonds. The Morgan fingerprint density at radius 3 is 2.69 bits per heavy atom. The lowest BCUT2D eigenvalue weighted by Crippen LogP contribution is -2.35. The summed E-state index contributed by atoms with van der Waals surface area (Å²) in [5, 5.41) is 12.8. The number of nitrogens with zero attached hydrogens (tertiary/aromatic N) is 1. The summed E-state index contributed by atoms with van der Waals surface area (Å²) >= 11 is 0. The molecule has 0 aliphatic carbocycles. The molecule has 1 heterocycles. The third-order valence-corrected chi connectivity index (χ3v) is 4.50. The number of halogens is 2. The third-order valence-electron chi connectivity index (χ3n) is 4.50. The van der Waals surface area contributed by atoms with Crippen molar-refractivity contribution in [3.05, 3.63) is 54.1 Å². The van der Waals surface area contributed by atoms with E-state index in [-0.39, 0.29) is 30.1 Å². The maximum atomic E-state index is 13.4. The van der Waals surface area contributed by atoms with Crippen molar-refractivity contribution >= 4 is 11.6 Å². The van der Waals surface area contributed by atoms with Gasteiger partial charge in [-0.05, 0) is 42.8 Å². The van der Waals surface area contributed by atoms with E-state index in [0.29, 0.717) is 24.6 Å². The number of carbonyl (C=O) groups is 1. The van der Waals surface area contributed by atoms with Crippen LogP contribution in [-0.2, 0) is 4.79 Å². The minimum atomic E-state index is -0.769. The van der Waals surface area contributed by atoms with Crippen LogP contribution in [0, 0.1) is 11.6 Å². The molecule has 156 valence electrons. The molecule has 6 nitrogen and oxygen atoms in total. The number of benzene rings is 2. The molecule has 0 aromatic heterocycles. The number of anilines is 1. The first-order valence-corrected chi connectivity index (χ1v) is 9.41. The summed E-state index contributed by atoms with van der Waals surface area (Å²) in [5.74, 6) is -0.240. The number of carbonyl (C=O) groups excluding carboxylic acids is 1. The van der Waals surface area contributed by atoms with Gasteiger partial charge in [-0.3, -0.25) is 9.69 Å². The van der Waals surface area contributed by atoms with E-state index in [1.165, 1.54) is 37.3 Å². The molecule has 2 atom stereocenters. The molecule has 29 heavy (non-hydrogen) atoms. The average Bonchev–Trinajstić information content (AvgIpc) is 3.09. The second kappa shape index (κ2) is 9.67. The van der Waals surface area contributed by atoms with Gasteiger partial charge in [-0.15, -0.1) is 0 Å². The number of rotatable bonds is 8. The minimum Gasteiger partial charge on any atom is -0.489 e. The van der Waals surface area contributed by atoms with Gasteiger partial charge < -0.3 is 19.9 Å². The third kappa shape index (κ3) is 6.40. The summed E-state index contributed by atoms with van der Waals surface area (Å²) in [6, 6.07) is 9.70. The Bertz CT molecular complexity index is 832.